The predicted octanol–water partition coefficient (Wildman–Crippen LogP) is 2.21. The molecule has 0 atom stereocenters. The Hall–Kier alpha value is -3.46. The number of ether oxygens (including phenoxy) is 1. The highest BCUT2D eigenvalue weighted by molar-refractivity contribution is 5.90. The molecule has 1 aliphatic rings. The number of rotatable bonds is 4. The van der Waals surface area contributed by atoms with Crippen molar-refractivity contribution in [1.29, 1.82) is 0 Å². The Bertz CT molecular complexity index is 1050. The summed E-state index contributed by atoms with van der Waals surface area (Å²) in [5.74, 6) is 0.292. The predicted molar refractivity (Wildman–Crippen MR) is 109 cm³/mol. The van der Waals surface area contributed by atoms with Gasteiger partial charge in [-0.25, -0.2) is 19.9 Å². The summed E-state index contributed by atoms with van der Waals surface area (Å²) in [6.07, 6.45) is 4.74. The van der Waals surface area contributed by atoms with E-state index in [-0.39, 0.29) is 0 Å². The van der Waals surface area contributed by atoms with Crippen molar-refractivity contribution in [1.82, 2.24) is 19.9 Å². The molecule has 1 saturated heterocycles. The van der Waals surface area contributed by atoms with Crippen LogP contribution in [0.2, 0.25) is 0 Å². The summed E-state index contributed by atoms with van der Waals surface area (Å²) in [6, 6.07) is 6.77. The molecular weight excluding hydrogens is 373 g/mol. The molecule has 8 nitrogen and oxygen atoms in total. The average Bonchev–Trinajstić information content (AvgIpc) is 2.75. The first kappa shape index (κ1) is 18.9. The van der Waals surface area contributed by atoms with Crippen molar-refractivity contribution < 1.29 is 9.13 Å². The highest BCUT2D eigenvalue weighted by Gasteiger charge is 2.19. The molecule has 4 rings (SSSR count). The molecule has 0 radical (unpaired) electrons. The monoisotopic (exact) mass is 393 g/mol. The van der Waals surface area contributed by atoms with Crippen LogP contribution in [0.1, 0.15) is 5.56 Å². The van der Waals surface area contributed by atoms with Crippen LogP contribution in [-0.4, -0.2) is 59.5 Å². The van der Waals surface area contributed by atoms with E-state index in [1.807, 2.05) is 4.90 Å². The van der Waals surface area contributed by atoms with Crippen LogP contribution in [0.5, 0.6) is 0 Å². The van der Waals surface area contributed by atoms with Crippen molar-refractivity contribution in [2.24, 2.45) is 4.99 Å². The number of halogens is 1. The number of hydrogen-bond donors (Lipinski definition) is 1. The third-order valence-corrected chi connectivity index (χ3v) is 4.54. The molecule has 1 fully saturated rings. The summed E-state index contributed by atoms with van der Waals surface area (Å²) in [4.78, 5) is 23.4. The second kappa shape index (κ2) is 8.27. The second-order valence-electron chi connectivity index (χ2n) is 6.46. The van der Waals surface area contributed by atoms with Crippen LogP contribution in [0.15, 0.2) is 41.7 Å². The van der Waals surface area contributed by atoms with Crippen LogP contribution in [-0.2, 0) is 4.74 Å². The Labute approximate surface area is 167 Å². The SMILES string of the molecule is CN=Cc1cc(N)ncc1-c1cc(-c2cccnc2F)nc(N2CCOCC2)n1. The van der Waals surface area contributed by atoms with Crippen LogP contribution in [0.4, 0.5) is 16.2 Å². The van der Waals surface area contributed by atoms with Gasteiger partial charge in [-0.1, -0.05) is 0 Å². The summed E-state index contributed by atoms with van der Waals surface area (Å²) in [6.45, 7) is 2.48. The molecule has 1 aliphatic heterocycles. The van der Waals surface area contributed by atoms with E-state index in [2.05, 4.69) is 19.9 Å². The van der Waals surface area contributed by atoms with Gasteiger partial charge < -0.3 is 15.4 Å². The Morgan fingerprint density at radius 2 is 1.90 bits per heavy atom. The van der Waals surface area contributed by atoms with Crippen molar-refractivity contribution >= 4 is 18.0 Å². The number of aliphatic imine (C=N–C) groups is 1. The van der Waals surface area contributed by atoms with Crippen LogP contribution < -0.4 is 10.6 Å². The average molecular weight is 393 g/mol. The van der Waals surface area contributed by atoms with Crippen LogP contribution >= 0.6 is 0 Å². The number of pyridine rings is 2. The fourth-order valence-electron chi connectivity index (χ4n) is 3.14. The third kappa shape index (κ3) is 4.04. The summed E-state index contributed by atoms with van der Waals surface area (Å²) in [5.41, 5.74) is 8.68. The lowest BCUT2D eigenvalue weighted by molar-refractivity contribution is 0.122. The lowest BCUT2D eigenvalue weighted by Crippen LogP contribution is -2.37. The molecule has 0 amide bonds. The summed E-state index contributed by atoms with van der Waals surface area (Å²) >= 11 is 0. The minimum absolute atomic E-state index is 0.305. The van der Waals surface area contributed by atoms with E-state index >= 15 is 0 Å². The molecule has 0 unspecified atom stereocenters. The van der Waals surface area contributed by atoms with E-state index in [0.29, 0.717) is 55.0 Å². The maximum atomic E-state index is 14.4. The van der Waals surface area contributed by atoms with E-state index in [1.54, 1.807) is 43.7 Å². The molecule has 0 spiro atoms. The summed E-state index contributed by atoms with van der Waals surface area (Å²) in [7, 11) is 1.68. The smallest absolute Gasteiger partial charge is 0.226 e. The van der Waals surface area contributed by atoms with Gasteiger partial charge in [0.05, 0.1) is 30.2 Å². The first-order chi connectivity index (χ1) is 14.2. The largest absolute Gasteiger partial charge is 0.384 e. The highest BCUT2D eigenvalue weighted by Crippen LogP contribution is 2.29. The van der Waals surface area contributed by atoms with Gasteiger partial charge in [-0.2, -0.15) is 4.39 Å². The summed E-state index contributed by atoms with van der Waals surface area (Å²) < 4.78 is 19.8. The number of aromatic nitrogens is 4. The first-order valence-corrected chi connectivity index (χ1v) is 9.16. The number of anilines is 2. The molecule has 0 aromatic carbocycles. The highest BCUT2D eigenvalue weighted by atomic mass is 19.1. The molecule has 4 heterocycles. The van der Waals surface area contributed by atoms with Gasteiger partial charge in [0.15, 0.2) is 0 Å². The van der Waals surface area contributed by atoms with Gasteiger partial charge in [0.1, 0.15) is 5.82 Å². The minimum Gasteiger partial charge on any atom is -0.384 e. The van der Waals surface area contributed by atoms with Crippen LogP contribution in [0.3, 0.4) is 0 Å². The van der Waals surface area contributed by atoms with Gasteiger partial charge in [0.2, 0.25) is 11.9 Å². The van der Waals surface area contributed by atoms with Crippen molar-refractivity contribution in [3.8, 4) is 22.5 Å². The van der Waals surface area contributed by atoms with Crippen molar-refractivity contribution in [2.45, 2.75) is 0 Å². The fraction of sp³-hybridized carbons (Fsp3) is 0.250. The van der Waals surface area contributed by atoms with Crippen molar-refractivity contribution in [2.75, 3.05) is 44.0 Å². The van der Waals surface area contributed by atoms with E-state index in [0.717, 1.165) is 11.1 Å². The maximum Gasteiger partial charge on any atom is 0.226 e. The number of nitrogen functional groups attached to an aromatic ring is 1. The second-order valence-corrected chi connectivity index (χ2v) is 6.46. The van der Waals surface area contributed by atoms with E-state index in [4.69, 9.17) is 15.5 Å². The van der Waals surface area contributed by atoms with E-state index < -0.39 is 5.95 Å². The topological polar surface area (TPSA) is 102 Å². The molecule has 29 heavy (non-hydrogen) atoms. The van der Waals surface area contributed by atoms with Crippen molar-refractivity contribution in [3.63, 3.8) is 0 Å². The Morgan fingerprint density at radius 3 is 2.62 bits per heavy atom. The number of nitrogens with two attached hydrogens (primary N) is 1. The summed E-state index contributed by atoms with van der Waals surface area (Å²) in [5, 5.41) is 0. The zero-order valence-electron chi connectivity index (χ0n) is 15.9. The number of nitrogens with zero attached hydrogens (tertiary/aromatic N) is 6. The van der Waals surface area contributed by atoms with Gasteiger partial charge in [-0.15, -0.1) is 0 Å². The van der Waals surface area contributed by atoms with E-state index in [9.17, 15) is 4.39 Å². The molecule has 0 aliphatic carbocycles. The van der Waals surface area contributed by atoms with Gasteiger partial charge >= 0.3 is 0 Å². The lowest BCUT2D eigenvalue weighted by atomic mass is 10.1. The van der Waals surface area contributed by atoms with E-state index in [1.165, 1.54) is 6.20 Å². The Kier molecular flexibility index (Phi) is 5.39. The van der Waals surface area contributed by atoms with Crippen molar-refractivity contribution in [3.05, 3.63) is 48.2 Å². The van der Waals surface area contributed by atoms with Gasteiger partial charge in [-0.3, -0.25) is 4.99 Å². The molecule has 0 saturated carbocycles. The minimum atomic E-state index is -0.587. The molecule has 9 heteroatoms. The number of hydrogen-bond acceptors (Lipinski definition) is 8. The molecule has 2 N–H and O–H groups in total. The molecule has 148 valence electrons. The molecule has 0 bridgehead atoms. The normalized spacial score (nSPS) is 14.5. The molecular formula is C20H20FN7O. The zero-order valence-corrected chi connectivity index (χ0v) is 15.9. The van der Waals surface area contributed by atoms with Crippen LogP contribution in [0, 0.1) is 5.95 Å². The molecule has 3 aromatic rings. The lowest BCUT2D eigenvalue weighted by Gasteiger charge is -2.27. The first-order valence-electron chi connectivity index (χ1n) is 9.16. The standard InChI is InChI=1S/C20H20FN7O/c1-23-11-13-9-18(22)25-12-15(13)17-10-16(14-3-2-4-24-19(14)21)26-20(27-17)28-5-7-29-8-6-28/h2-4,9-12H,5-8H2,1H3,(H2,22,25). The number of morpholine rings is 1. The fourth-order valence-corrected chi connectivity index (χ4v) is 3.14. The zero-order chi connectivity index (χ0) is 20.2. The molecule has 3 aromatic heterocycles. The van der Waals surface area contributed by atoms with Gasteiger partial charge in [0.25, 0.3) is 0 Å². The maximum absolute atomic E-state index is 14.4. The van der Waals surface area contributed by atoms with Crippen LogP contribution in [0.25, 0.3) is 22.5 Å². The quantitative estimate of drug-likeness (QED) is 0.535. The third-order valence-electron chi connectivity index (χ3n) is 4.54. The van der Waals surface area contributed by atoms with Gasteiger partial charge in [0, 0.05) is 49.9 Å². The van der Waals surface area contributed by atoms with Gasteiger partial charge in [-0.05, 0) is 24.3 Å². The Balaban J connectivity index is 1.90. The Morgan fingerprint density at radius 1 is 1.14 bits per heavy atom.